The van der Waals surface area contributed by atoms with Gasteiger partial charge >= 0.3 is 18.3 Å². The van der Waals surface area contributed by atoms with Crippen LogP contribution >= 0.6 is 0 Å². The van der Waals surface area contributed by atoms with Crippen molar-refractivity contribution in [2.24, 2.45) is 0 Å². The van der Waals surface area contributed by atoms with Crippen LogP contribution in [0.3, 0.4) is 0 Å². The molecule has 116 valence electrons. The summed E-state index contributed by atoms with van der Waals surface area (Å²) in [4.78, 5) is 20.9. The number of nitrogens with zero attached hydrogens (tertiary/aromatic N) is 3. The van der Waals surface area contributed by atoms with Crippen LogP contribution in [0.4, 0.5) is 23.7 Å². The van der Waals surface area contributed by atoms with Crippen molar-refractivity contribution in [2.45, 2.75) is 6.18 Å². The summed E-state index contributed by atoms with van der Waals surface area (Å²) in [5.74, 6) is -1.79. The molecule has 22 heavy (non-hydrogen) atoms. The second-order valence-electron chi connectivity index (χ2n) is 3.94. The maximum atomic E-state index is 12.8. The smallest absolute Gasteiger partial charge is 0.451 e. The summed E-state index contributed by atoms with van der Waals surface area (Å²) < 4.78 is 43.0. The van der Waals surface area contributed by atoms with E-state index in [1.54, 1.807) is 0 Å². The van der Waals surface area contributed by atoms with Crippen molar-refractivity contribution in [3.8, 4) is 17.4 Å². The van der Waals surface area contributed by atoms with E-state index < -0.39 is 24.1 Å². The van der Waals surface area contributed by atoms with Crippen LogP contribution < -0.4 is 10.1 Å². The van der Waals surface area contributed by atoms with Crippen molar-refractivity contribution in [3.63, 3.8) is 0 Å². The van der Waals surface area contributed by atoms with Gasteiger partial charge in [0.05, 0.1) is 12.8 Å². The number of halogens is 3. The lowest BCUT2D eigenvalue weighted by Crippen LogP contribution is -2.14. The molecule has 0 unspecified atom stereocenters. The van der Waals surface area contributed by atoms with Gasteiger partial charge in [0.25, 0.3) is 0 Å². The first-order valence-electron chi connectivity index (χ1n) is 5.78. The van der Waals surface area contributed by atoms with E-state index >= 15 is 0 Å². The molecule has 1 amide bonds. The van der Waals surface area contributed by atoms with E-state index in [1.807, 2.05) is 0 Å². The number of carboxylic acid groups (broad SMARTS) is 1. The van der Waals surface area contributed by atoms with Crippen LogP contribution in [-0.4, -0.2) is 33.3 Å². The third-order valence-corrected chi connectivity index (χ3v) is 2.46. The number of rotatable bonds is 3. The summed E-state index contributed by atoms with van der Waals surface area (Å²) >= 11 is 0. The van der Waals surface area contributed by atoms with Gasteiger partial charge in [-0.3, -0.25) is 5.32 Å². The lowest BCUT2D eigenvalue weighted by Gasteiger charge is -2.11. The average molecular weight is 314 g/mol. The molecule has 2 N–H and O–H groups in total. The van der Waals surface area contributed by atoms with E-state index in [9.17, 15) is 18.0 Å². The van der Waals surface area contributed by atoms with Crippen LogP contribution in [0, 0.1) is 0 Å². The maximum Gasteiger partial charge on any atom is 0.451 e. The van der Waals surface area contributed by atoms with Gasteiger partial charge in [-0.25, -0.2) is 9.78 Å². The Kier molecular flexibility index (Phi) is 4.11. The number of carbonyl (C=O) groups is 1. The predicted molar refractivity (Wildman–Crippen MR) is 68.5 cm³/mol. The molecule has 0 bridgehead atoms. The topological polar surface area (TPSA) is 97.2 Å². The summed E-state index contributed by atoms with van der Waals surface area (Å²) in [5, 5.41) is 10.8. The SMILES string of the molecule is COc1nc(-c2ccccc2NC(=O)O)nc(C(F)(F)F)n1. The third-order valence-electron chi connectivity index (χ3n) is 2.46. The number of anilines is 1. The van der Waals surface area contributed by atoms with Gasteiger partial charge in [0.2, 0.25) is 5.82 Å². The first-order chi connectivity index (χ1) is 10.3. The summed E-state index contributed by atoms with van der Waals surface area (Å²) in [6.07, 6.45) is -6.16. The van der Waals surface area contributed by atoms with E-state index in [4.69, 9.17) is 5.11 Å². The molecule has 0 saturated carbocycles. The Morgan fingerprint density at radius 1 is 1.23 bits per heavy atom. The molecule has 0 aliphatic heterocycles. The average Bonchev–Trinajstić information content (AvgIpc) is 2.45. The molecule has 0 aliphatic rings. The second-order valence-corrected chi connectivity index (χ2v) is 3.94. The molecule has 1 aromatic heterocycles. The molecule has 1 aromatic carbocycles. The van der Waals surface area contributed by atoms with E-state index in [0.717, 1.165) is 7.11 Å². The summed E-state index contributed by atoms with van der Waals surface area (Å²) in [5.41, 5.74) is 0.104. The number of hydrogen-bond acceptors (Lipinski definition) is 5. The van der Waals surface area contributed by atoms with Gasteiger partial charge in [0.15, 0.2) is 5.82 Å². The Morgan fingerprint density at radius 3 is 2.50 bits per heavy atom. The minimum absolute atomic E-state index is 0.0383. The number of ether oxygens (including phenoxy) is 1. The number of alkyl halides is 3. The van der Waals surface area contributed by atoms with Gasteiger partial charge in [-0.1, -0.05) is 12.1 Å². The Morgan fingerprint density at radius 2 is 1.91 bits per heavy atom. The van der Waals surface area contributed by atoms with Gasteiger partial charge in [0, 0.05) is 5.56 Å². The Labute approximate surface area is 121 Å². The molecule has 0 radical (unpaired) electrons. The molecule has 7 nitrogen and oxygen atoms in total. The zero-order valence-corrected chi connectivity index (χ0v) is 11.0. The molecule has 2 aromatic rings. The Hall–Kier alpha value is -2.91. The monoisotopic (exact) mass is 314 g/mol. The van der Waals surface area contributed by atoms with Crippen LogP contribution in [0.2, 0.25) is 0 Å². The van der Waals surface area contributed by atoms with Gasteiger partial charge in [-0.15, -0.1) is 0 Å². The van der Waals surface area contributed by atoms with E-state index in [1.165, 1.54) is 24.3 Å². The fourth-order valence-electron chi connectivity index (χ4n) is 1.60. The lowest BCUT2D eigenvalue weighted by molar-refractivity contribution is -0.145. The molecule has 1 heterocycles. The number of nitrogens with one attached hydrogen (secondary N) is 1. The van der Waals surface area contributed by atoms with Crippen LogP contribution in [-0.2, 0) is 6.18 Å². The van der Waals surface area contributed by atoms with E-state index in [0.29, 0.717) is 0 Å². The summed E-state index contributed by atoms with van der Waals surface area (Å²) in [7, 11) is 1.11. The number of benzene rings is 1. The van der Waals surface area contributed by atoms with Crippen LogP contribution in [0.25, 0.3) is 11.4 Å². The van der Waals surface area contributed by atoms with Gasteiger partial charge in [-0.05, 0) is 12.1 Å². The molecule has 0 saturated heterocycles. The fraction of sp³-hybridized carbons (Fsp3) is 0.167. The van der Waals surface area contributed by atoms with Gasteiger partial charge in [0.1, 0.15) is 0 Å². The van der Waals surface area contributed by atoms with Crippen LogP contribution in [0.5, 0.6) is 6.01 Å². The van der Waals surface area contributed by atoms with Gasteiger partial charge < -0.3 is 9.84 Å². The van der Waals surface area contributed by atoms with Gasteiger partial charge in [-0.2, -0.15) is 23.1 Å². The largest absolute Gasteiger partial charge is 0.467 e. The molecular formula is C12H9F3N4O3. The molecule has 0 spiro atoms. The molecule has 10 heteroatoms. The van der Waals surface area contributed by atoms with Crippen molar-refractivity contribution in [3.05, 3.63) is 30.1 Å². The van der Waals surface area contributed by atoms with Crippen molar-refractivity contribution < 1.29 is 27.8 Å². The van der Waals surface area contributed by atoms with Crippen molar-refractivity contribution in [2.75, 3.05) is 12.4 Å². The second kappa shape index (κ2) is 5.84. The minimum atomic E-state index is -4.79. The number of hydrogen-bond donors (Lipinski definition) is 2. The number of methoxy groups -OCH3 is 1. The standard InChI is InChI=1S/C12H9F3N4O3/c1-22-10-18-8(17-9(19-10)12(13,14)15)6-4-2-3-5-7(6)16-11(20)21/h2-5,16H,1H3,(H,20,21). The molecule has 0 fully saturated rings. The van der Waals surface area contributed by atoms with Crippen molar-refractivity contribution >= 4 is 11.8 Å². The van der Waals surface area contributed by atoms with Crippen molar-refractivity contribution in [1.82, 2.24) is 15.0 Å². The van der Waals surface area contributed by atoms with Crippen LogP contribution in [0.1, 0.15) is 5.82 Å². The minimum Gasteiger partial charge on any atom is -0.467 e. The maximum absolute atomic E-state index is 12.8. The normalized spacial score (nSPS) is 11.1. The molecule has 0 atom stereocenters. The van der Waals surface area contributed by atoms with E-state index in [-0.39, 0.29) is 17.1 Å². The first kappa shape index (κ1) is 15.5. The lowest BCUT2D eigenvalue weighted by atomic mass is 10.1. The first-order valence-corrected chi connectivity index (χ1v) is 5.78. The molecule has 2 rings (SSSR count). The Balaban J connectivity index is 2.60. The van der Waals surface area contributed by atoms with Crippen LogP contribution in [0.15, 0.2) is 24.3 Å². The third kappa shape index (κ3) is 3.40. The number of aromatic nitrogens is 3. The quantitative estimate of drug-likeness (QED) is 0.904. The summed E-state index contributed by atoms with van der Waals surface area (Å²) in [6, 6.07) is 5.24. The highest BCUT2D eigenvalue weighted by atomic mass is 19.4. The fourth-order valence-corrected chi connectivity index (χ4v) is 1.60. The highest BCUT2D eigenvalue weighted by Gasteiger charge is 2.36. The zero-order chi connectivity index (χ0) is 16.3. The number of amides is 1. The predicted octanol–water partition coefficient (Wildman–Crippen LogP) is 2.66. The Bertz CT molecular complexity index is 706. The molecule has 0 aliphatic carbocycles. The number of para-hydroxylation sites is 1. The zero-order valence-electron chi connectivity index (χ0n) is 11.0. The van der Waals surface area contributed by atoms with E-state index in [2.05, 4.69) is 25.0 Å². The highest BCUT2D eigenvalue weighted by molar-refractivity contribution is 5.89. The van der Waals surface area contributed by atoms with Crippen molar-refractivity contribution in [1.29, 1.82) is 0 Å². The highest BCUT2D eigenvalue weighted by Crippen LogP contribution is 2.31. The summed E-state index contributed by atoms with van der Waals surface area (Å²) in [6.45, 7) is 0. The molecular weight excluding hydrogens is 305 g/mol.